The molecule has 1 aromatic rings. The van der Waals surface area contributed by atoms with Gasteiger partial charge in [-0.15, -0.1) is 0 Å². The SMILES string of the molecule is CCC(C)C(C)NS(=O)(=O)c1cc([N+](=O)[O-])ccc1Cl. The highest BCUT2D eigenvalue weighted by molar-refractivity contribution is 7.89. The van der Waals surface area contributed by atoms with E-state index in [9.17, 15) is 18.5 Å². The van der Waals surface area contributed by atoms with Gasteiger partial charge in [-0.05, 0) is 18.9 Å². The van der Waals surface area contributed by atoms with Gasteiger partial charge in [0.2, 0.25) is 10.0 Å². The molecule has 0 spiro atoms. The summed E-state index contributed by atoms with van der Waals surface area (Å²) >= 11 is 5.84. The van der Waals surface area contributed by atoms with Gasteiger partial charge in [-0.2, -0.15) is 0 Å². The molecule has 0 saturated carbocycles. The largest absolute Gasteiger partial charge is 0.270 e. The smallest absolute Gasteiger partial charge is 0.258 e. The van der Waals surface area contributed by atoms with Gasteiger partial charge >= 0.3 is 0 Å². The lowest BCUT2D eigenvalue weighted by Crippen LogP contribution is -2.37. The zero-order valence-electron chi connectivity index (χ0n) is 11.5. The number of nitro groups is 1. The van der Waals surface area contributed by atoms with Gasteiger partial charge in [-0.25, -0.2) is 13.1 Å². The molecular weight excluding hydrogens is 304 g/mol. The lowest BCUT2D eigenvalue weighted by molar-refractivity contribution is -0.385. The Morgan fingerprint density at radius 2 is 2.00 bits per heavy atom. The van der Waals surface area contributed by atoms with Crippen molar-refractivity contribution in [1.29, 1.82) is 0 Å². The average molecular weight is 321 g/mol. The highest BCUT2D eigenvalue weighted by Crippen LogP contribution is 2.26. The van der Waals surface area contributed by atoms with E-state index in [1.807, 2.05) is 13.8 Å². The Kier molecular flexibility index (Phi) is 5.50. The topological polar surface area (TPSA) is 89.3 Å². The minimum atomic E-state index is -3.89. The molecule has 0 aliphatic heterocycles. The lowest BCUT2D eigenvalue weighted by Gasteiger charge is -2.20. The number of halogens is 1. The van der Waals surface area contributed by atoms with Crippen LogP contribution in [0.4, 0.5) is 5.69 Å². The lowest BCUT2D eigenvalue weighted by atomic mass is 10.0. The summed E-state index contributed by atoms with van der Waals surface area (Å²) in [6.45, 7) is 5.62. The van der Waals surface area contributed by atoms with Crippen LogP contribution in [0, 0.1) is 16.0 Å². The summed E-state index contributed by atoms with van der Waals surface area (Å²) in [5, 5.41) is 10.7. The van der Waals surface area contributed by atoms with E-state index in [1.165, 1.54) is 12.1 Å². The molecule has 2 unspecified atom stereocenters. The monoisotopic (exact) mass is 320 g/mol. The van der Waals surface area contributed by atoms with Crippen LogP contribution in [0.25, 0.3) is 0 Å². The predicted molar refractivity (Wildman–Crippen MR) is 77.3 cm³/mol. The van der Waals surface area contributed by atoms with Crippen molar-refractivity contribution in [2.45, 2.75) is 38.1 Å². The van der Waals surface area contributed by atoms with Crippen molar-refractivity contribution in [3.63, 3.8) is 0 Å². The fourth-order valence-corrected chi connectivity index (χ4v) is 3.46. The van der Waals surface area contributed by atoms with Gasteiger partial charge in [0.1, 0.15) is 4.90 Å². The van der Waals surface area contributed by atoms with E-state index in [0.29, 0.717) is 0 Å². The number of hydrogen-bond donors (Lipinski definition) is 1. The van der Waals surface area contributed by atoms with E-state index in [4.69, 9.17) is 11.6 Å². The van der Waals surface area contributed by atoms with Crippen molar-refractivity contribution >= 4 is 27.3 Å². The molecular formula is C12H17ClN2O4S. The highest BCUT2D eigenvalue weighted by Gasteiger charge is 2.24. The first-order valence-electron chi connectivity index (χ1n) is 6.15. The second-order valence-corrected chi connectivity index (χ2v) is 6.76. The maximum atomic E-state index is 12.2. The Morgan fingerprint density at radius 1 is 1.40 bits per heavy atom. The summed E-state index contributed by atoms with van der Waals surface area (Å²) in [5.41, 5.74) is -0.314. The summed E-state index contributed by atoms with van der Waals surface area (Å²) in [5.74, 6) is 0.141. The van der Waals surface area contributed by atoms with Crippen LogP contribution in [-0.2, 0) is 10.0 Å². The quantitative estimate of drug-likeness (QED) is 0.644. The number of rotatable bonds is 6. The highest BCUT2D eigenvalue weighted by atomic mass is 35.5. The number of non-ortho nitro benzene ring substituents is 1. The molecule has 0 bridgehead atoms. The molecule has 8 heteroatoms. The fourth-order valence-electron chi connectivity index (χ4n) is 1.59. The average Bonchev–Trinajstić information content (AvgIpc) is 2.37. The Bertz CT molecular complexity index is 603. The van der Waals surface area contributed by atoms with Crippen LogP contribution >= 0.6 is 11.6 Å². The maximum absolute atomic E-state index is 12.2. The second kappa shape index (κ2) is 6.51. The van der Waals surface area contributed by atoms with E-state index in [1.54, 1.807) is 6.92 Å². The van der Waals surface area contributed by atoms with Gasteiger partial charge < -0.3 is 0 Å². The summed E-state index contributed by atoms with van der Waals surface area (Å²) in [4.78, 5) is 9.78. The zero-order valence-corrected chi connectivity index (χ0v) is 13.0. The van der Waals surface area contributed by atoms with E-state index >= 15 is 0 Å². The molecule has 1 rings (SSSR count). The summed E-state index contributed by atoms with van der Waals surface area (Å²) in [6.07, 6.45) is 0.812. The first-order valence-corrected chi connectivity index (χ1v) is 8.01. The van der Waals surface area contributed by atoms with Crippen LogP contribution in [0.5, 0.6) is 0 Å². The molecule has 0 radical (unpaired) electrons. The van der Waals surface area contributed by atoms with Gasteiger partial charge in [0.05, 0.1) is 9.95 Å². The van der Waals surface area contributed by atoms with E-state index in [0.717, 1.165) is 12.5 Å². The molecule has 1 aromatic carbocycles. The molecule has 0 amide bonds. The predicted octanol–water partition coefficient (Wildman–Crippen LogP) is 2.96. The van der Waals surface area contributed by atoms with Crippen LogP contribution in [0.1, 0.15) is 27.2 Å². The van der Waals surface area contributed by atoms with Gasteiger partial charge in [-0.3, -0.25) is 10.1 Å². The van der Waals surface area contributed by atoms with Crippen molar-refractivity contribution in [2.24, 2.45) is 5.92 Å². The second-order valence-electron chi connectivity index (χ2n) is 4.67. The van der Waals surface area contributed by atoms with Crippen molar-refractivity contribution < 1.29 is 13.3 Å². The summed E-state index contributed by atoms with van der Waals surface area (Å²) in [6, 6.07) is 3.05. The van der Waals surface area contributed by atoms with Crippen LogP contribution in [0.2, 0.25) is 5.02 Å². The van der Waals surface area contributed by atoms with Gasteiger partial charge in [0.25, 0.3) is 5.69 Å². The van der Waals surface area contributed by atoms with Crippen LogP contribution in [-0.4, -0.2) is 19.4 Å². The normalized spacial score (nSPS) is 14.8. The molecule has 6 nitrogen and oxygen atoms in total. The van der Waals surface area contributed by atoms with Crippen LogP contribution < -0.4 is 4.72 Å². The number of benzene rings is 1. The first-order chi connectivity index (χ1) is 9.19. The molecule has 0 aromatic heterocycles. The maximum Gasteiger partial charge on any atom is 0.270 e. The number of sulfonamides is 1. The Balaban J connectivity index is 3.15. The van der Waals surface area contributed by atoms with Crippen molar-refractivity contribution in [1.82, 2.24) is 4.72 Å². The van der Waals surface area contributed by atoms with Crippen molar-refractivity contribution in [2.75, 3.05) is 0 Å². The molecule has 0 heterocycles. The van der Waals surface area contributed by atoms with Crippen molar-refractivity contribution in [3.8, 4) is 0 Å². The Morgan fingerprint density at radius 3 is 2.50 bits per heavy atom. The van der Waals surface area contributed by atoms with Gasteiger partial charge in [0.15, 0.2) is 0 Å². The molecule has 0 aliphatic rings. The minimum Gasteiger partial charge on any atom is -0.258 e. The third-order valence-corrected chi connectivity index (χ3v) is 5.29. The summed E-state index contributed by atoms with van der Waals surface area (Å²) in [7, 11) is -3.89. The van der Waals surface area contributed by atoms with Crippen molar-refractivity contribution in [3.05, 3.63) is 33.3 Å². The van der Waals surface area contributed by atoms with E-state index in [2.05, 4.69) is 4.72 Å². The van der Waals surface area contributed by atoms with Crippen LogP contribution in [0.3, 0.4) is 0 Å². The molecule has 0 saturated heterocycles. The standard InChI is InChI=1S/C12H17ClN2O4S/c1-4-8(2)9(3)14-20(18,19)12-7-10(15(16)17)5-6-11(12)13/h5-9,14H,4H2,1-3H3. The van der Waals surface area contributed by atoms with Gasteiger partial charge in [0, 0.05) is 18.2 Å². The third-order valence-electron chi connectivity index (χ3n) is 3.25. The van der Waals surface area contributed by atoms with Gasteiger partial charge in [-0.1, -0.05) is 31.9 Å². The van der Waals surface area contributed by atoms with E-state index in [-0.39, 0.29) is 27.6 Å². The zero-order chi connectivity index (χ0) is 15.5. The number of nitro benzene ring substituents is 1. The number of nitrogens with zero attached hydrogens (tertiary/aromatic N) is 1. The molecule has 112 valence electrons. The third kappa shape index (κ3) is 3.91. The molecule has 20 heavy (non-hydrogen) atoms. The van der Waals surface area contributed by atoms with Crippen LogP contribution in [0.15, 0.2) is 23.1 Å². The van der Waals surface area contributed by atoms with E-state index < -0.39 is 14.9 Å². The Labute approximate surface area is 123 Å². The fraction of sp³-hybridized carbons (Fsp3) is 0.500. The Hall–Kier alpha value is -1.18. The number of hydrogen-bond acceptors (Lipinski definition) is 4. The molecule has 1 N–H and O–H groups in total. The number of nitrogens with one attached hydrogen (secondary N) is 1. The summed E-state index contributed by atoms with van der Waals surface area (Å²) < 4.78 is 27.0. The molecule has 0 fully saturated rings. The first kappa shape index (κ1) is 16.9. The molecule has 2 atom stereocenters. The minimum absolute atomic E-state index is 0.0422. The molecule has 0 aliphatic carbocycles.